The highest BCUT2D eigenvalue weighted by atomic mass is 16.3. The lowest BCUT2D eigenvalue weighted by molar-refractivity contribution is -0.119. The smallest absolute Gasteiger partial charge is 0.292 e. The summed E-state index contributed by atoms with van der Waals surface area (Å²) in [5, 5.41) is 13.1. The second kappa shape index (κ2) is 5.38. The van der Waals surface area contributed by atoms with Crippen LogP contribution in [0.25, 0.3) is 10.9 Å². The molecule has 0 spiro atoms. The molecule has 3 aliphatic rings. The molecule has 2 aromatic rings. The molecule has 1 amide bonds. The van der Waals surface area contributed by atoms with E-state index in [2.05, 4.69) is 15.2 Å². The number of rotatable bonds is 3. The number of amides is 1. The first-order chi connectivity index (χ1) is 11.1. The molecule has 0 saturated carbocycles. The average Bonchev–Trinajstić information content (AvgIpc) is 2.98. The van der Waals surface area contributed by atoms with Crippen LogP contribution in [-0.2, 0) is 4.79 Å². The maximum atomic E-state index is 12.5. The van der Waals surface area contributed by atoms with E-state index in [9.17, 15) is 14.7 Å². The Morgan fingerprint density at radius 1 is 1.26 bits per heavy atom. The molecular formula is C17H19N3O3. The number of phenolic OH excluding ortho intramolecular Hbond substituents is 1. The van der Waals surface area contributed by atoms with Crippen LogP contribution in [0, 0.1) is 5.92 Å². The second-order valence-electron chi connectivity index (χ2n) is 6.48. The van der Waals surface area contributed by atoms with E-state index in [1.807, 2.05) is 0 Å². The lowest BCUT2D eigenvalue weighted by Crippen LogP contribution is -2.58. The number of aromatic amines is 1. The van der Waals surface area contributed by atoms with Crippen molar-refractivity contribution in [1.29, 1.82) is 0 Å². The fraction of sp³-hybridized carbons (Fsp3) is 0.412. The van der Waals surface area contributed by atoms with E-state index in [4.69, 9.17) is 0 Å². The van der Waals surface area contributed by atoms with Gasteiger partial charge in [0, 0.05) is 29.7 Å². The van der Waals surface area contributed by atoms with Crippen molar-refractivity contribution in [2.45, 2.75) is 18.9 Å². The van der Waals surface area contributed by atoms with E-state index in [0.717, 1.165) is 38.0 Å². The summed E-state index contributed by atoms with van der Waals surface area (Å²) in [5.74, 6) is -0.570. The number of ketones is 1. The third-order valence-corrected chi connectivity index (χ3v) is 5.09. The number of H-pyrrole nitrogens is 1. The first-order valence-electron chi connectivity index (χ1n) is 7.99. The van der Waals surface area contributed by atoms with Crippen molar-refractivity contribution in [2.75, 3.05) is 19.6 Å². The minimum atomic E-state index is -0.562. The maximum absolute atomic E-state index is 12.5. The summed E-state index contributed by atoms with van der Waals surface area (Å²) in [6, 6.07) is 4.79. The van der Waals surface area contributed by atoms with Crippen LogP contribution in [0.4, 0.5) is 0 Å². The third kappa shape index (κ3) is 2.49. The number of Topliss-reactive ketones (excluding diaryl/α,β-unsaturated/α-hetero) is 1. The minimum absolute atomic E-state index is 0.0626. The molecule has 2 bridgehead atoms. The number of nitrogens with zero attached hydrogens (tertiary/aromatic N) is 1. The molecule has 6 nitrogen and oxygen atoms in total. The van der Waals surface area contributed by atoms with Gasteiger partial charge >= 0.3 is 0 Å². The van der Waals surface area contributed by atoms with Crippen molar-refractivity contribution in [3.8, 4) is 5.75 Å². The molecule has 1 aromatic carbocycles. The lowest BCUT2D eigenvalue weighted by Gasteiger charge is -2.44. The molecule has 6 heteroatoms. The number of nitrogens with one attached hydrogen (secondary N) is 2. The SMILES string of the molecule is O=C(NC1CN2CCC1CC2)C(=O)c1c[nH]c2ccc(O)cc12. The molecule has 3 N–H and O–H groups in total. The summed E-state index contributed by atoms with van der Waals surface area (Å²) < 4.78 is 0. The van der Waals surface area contributed by atoms with Gasteiger partial charge in [0.2, 0.25) is 0 Å². The van der Waals surface area contributed by atoms with E-state index in [-0.39, 0.29) is 11.8 Å². The Hall–Kier alpha value is -2.34. The molecular weight excluding hydrogens is 294 g/mol. The van der Waals surface area contributed by atoms with Gasteiger partial charge in [-0.15, -0.1) is 0 Å². The Kier molecular flexibility index (Phi) is 3.34. The molecule has 3 fully saturated rings. The summed E-state index contributed by atoms with van der Waals surface area (Å²) in [5.41, 5.74) is 1.02. The van der Waals surface area contributed by atoms with Crippen LogP contribution >= 0.6 is 0 Å². The van der Waals surface area contributed by atoms with Crippen LogP contribution in [0.3, 0.4) is 0 Å². The highest BCUT2D eigenvalue weighted by Crippen LogP contribution is 2.28. The topological polar surface area (TPSA) is 85.4 Å². The number of phenols is 1. The standard InChI is InChI=1S/C17H19N3O3/c21-11-1-2-14-12(7-11)13(8-18-14)16(22)17(23)19-15-9-20-5-3-10(15)4-6-20/h1-2,7-8,10,15,18,21H,3-6,9H2,(H,19,23). The number of piperidine rings is 3. The molecule has 3 aliphatic heterocycles. The molecule has 1 unspecified atom stereocenters. The van der Waals surface area contributed by atoms with Gasteiger partial charge < -0.3 is 20.3 Å². The number of hydrogen-bond donors (Lipinski definition) is 3. The van der Waals surface area contributed by atoms with E-state index in [1.165, 1.54) is 12.3 Å². The van der Waals surface area contributed by atoms with Crippen molar-refractivity contribution in [3.63, 3.8) is 0 Å². The first-order valence-corrected chi connectivity index (χ1v) is 7.99. The highest BCUT2D eigenvalue weighted by molar-refractivity contribution is 6.45. The number of benzene rings is 1. The molecule has 1 atom stereocenters. The summed E-state index contributed by atoms with van der Waals surface area (Å²) in [6.07, 6.45) is 3.70. The zero-order valence-corrected chi connectivity index (χ0v) is 12.7. The van der Waals surface area contributed by atoms with Crippen LogP contribution in [0.5, 0.6) is 5.75 Å². The van der Waals surface area contributed by atoms with Gasteiger partial charge in [-0.1, -0.05) is 0 Å². The Morgan fingerprint density at radius 3 is 2.74 bits per heavy atom. The average molecular weight is 313 g/mol. The second-order valence-corrected chi connectivity index (χ2v) is 6.48. The number of aromatic hydroxyl groups is 1. The Bertz CT molecular complexity index is 774. The monoisotopic (exact) mass is 313 g/mol. The van der Waals surface area contributed by atoms with E-state index >= 15 is 0 Å². The summed E-state index contributed by atoms with van der Waals surface area (Å²) in [7, 11) is 0. The number of aromatic nitrogens is 1. The quantitative estimate of drug-likeness (QED) is 0.588. The van der Waals surface area contributed by atoms with Gasteiger partial charge in [-0.25, -0.2) is 0 Å². The molecule has 5 rings (SSSR count). The number of carbonyl (C=O) groups is 2. The van der Waals surface area contributed by atoms with Gasteiger partial charge in [0.25, 0.3) is 11.7 Å². The Morgan fingerprint density at radius 2 is 2.04 bits per heavy atom. The zero-order valence-electron chi connectivity index (χ0n) is 12.7. The van der Waals surface area contributed by atoms with Crippen molar-refractivity contribution in [2.24, 2.45) is 5.92 Å². The van der Waals surface area contributed by atoms with Crippen molar-refractivity contribution < 1.29 is 14.7 Å². The van der Waals surface area contributed by atoms with Crippen LogP contribution in [0.2, 0.25) is 0 Å². The third-order valence-electron chi connectivity index (χ3n) is 5.09. The highest BCUT2D eigenvalue weighted by Gasteiger charge is 2.36. The fourth-order valence-corrected chi connectivity index (χ4v) is 3.78. The van der Waals surface area contributed by atoms with Gasteiger partial charge in [-0.3, -0.25) is 9.59 Å². The largest absolute Gasteiger partial charge is 0.508 e. The van der Waals surface area contributed by atoms with Gasteiger partial charge in [-0.05, 0) is 50.0 Å². The fourth-order valence-electron chi connectivity index (χ4n) is 3.78. The predicted molar refractivity (Wildman–Crippen MR) is 85.4 cm³/mol. The van der Waals surface area contributed by atoms with E-state index < -0.39 is 11.7 Å². The molecule has 3 saturated heterocycles. The normalized spacial score (nSPS) is 26.3. The molecule has 4 heterocycles. The minimum Gasteiger partial charge on any atom is -0.508 e. The molecule has 0 radical (unpaired) electrons. The Balaban J connectivity index is 1.53. The van der Waals surface area contributed by atoms with Crippen molar-refractivity contribution >= 4 is 22.6 Å². The van der Waals surface area contributed by atoms with Crippen LogP contribution in [0.15, 0.2) is 24.4 Å². The van der Waals surface area contributed by atoms with Crippen LogP contribution in [-0.4, -0.2) is 52.4 Å². The summed E-state index contributed by atoms with van der Waals surface area (Å²) in [4.78, 5) is 30.1. The van der Waals surface area contributed by atoms with Crippen molar-refractivity contribution in [1.82, 2.24) is 15.2 Å². The predicted octanol–water partition coefficient (Wildman–Crippen LogP) is 1.27. The molecule has 1 aromatic heterocycles. The van der Waals surface area contributed by atoms with Gasteiger partial charge in [0.05, 0.1) is 5.56 Å². The number of fused-ring (bicyclic) bond motifs is 4. The van der Waals surface area contributed by atoms with Gasteiger partial charge in [0.1, 0.15) is 5.75 Å². The number of carbonyl (C=O) groups excluding carboxylic acids is 2. The first kappa shape index (κ1) is 14.3. The molecule has 120 valence electrons. The Labute approximate surface area is 133 Å². The maximum Gasteiger partial charge on any atom is 0.292 e. The van der Waals surface area contributed by atoms with E-state index in [1.54, 1.807) is 12.1 Å². The summed E-state index contributed by atoms with van der Waals surface area (Å²) >= 11 is 0. The van der Waals surface area contributed by atoms with E-state index in [0.29, 0.717) is 16.9 Å². The zero-order chi connectivity index (χ0) is 16.0. The van der Waals surface area contributed by atoms with Gasteiger partial charge in [0.15, 0.2) is 0 Å². The molecule has 23 heavy (non-hydrogen) atoms. The molecule has 0 aliphatic carbocycles. The van der Waals surface area contributed by atoms with Crippen LogP contribution in [0.1, 0.15) is 23.2 Å². The van der Waals surface area contributed by atoms with Crippen molar-refractivity contribution in [3.05, 3.63) is 30.0 Å². The summed E-state index contributed by atoms with van der Waals surface area (Å²) in [6.45, 7) is 3.01. The number of hydrogen-bond acceptors (Lipinski definition) is 4. The van der Waals surface area contributed by atoms with Crippen LogP contribution < -0.4 is 5.32 Å². The van der Waals surface area contributed by atoms with Gasteiger partial charge in [-0.2, -0.15) is 0 Å². The lowest BCUT2D eigenvalue weighted by atomic mass is 9.84.